The third kappa shape index (κ3) is 4.34. The van der Waals surface area contributed by atoms with Gasteiger partial charge in [0.05, 0.1) is 18.9 Å². The third-order valence-electron chi connectivity index (χ3n) is 3.74. The Labute approximate surface area is 116 Å². The Morgan fingerprint density at radius 1 is 1.53 bits per heavy atom. The first-order valence-electron chi connectivity index (χ1n) is 7.34. The van der Waals surface area contributed by atoms with E-state index >= 15 is 0 Å². The lowest BCUT2D eigenvalue weighted by atomic mass is 10.1. The highest BCUT2D eigenvalue weighted by Crippen LogP contribution is 2.18. The van der Waals surface area contributed by atoms with Crippen LogP contribution < -0.4 is 5.32 Å². The lowest BCUT2D eigenvalue weighted by molar-refractivity contribution is 0.0283. The first-order chi connectivity index (χ1) is 9.33. The van der Waals surface area contributed by atoms with Gasteiger partial charge in [0, 0.05) is 25.8 Å². The molecule has 1 aromatic rings. The quantitative estimate of drug-likeness (QED) is 0.769. The predicted molar refractivity (Wildman–Crippen MR) is 76.0 cm³/mol. The van der Waals surface area contributed by atoms with E-state index in [0.29, 0.717) is 6.10 Å². The standard InChI is InChI=1S/C15H26N2O2/c1-3-7-16-10-15-13(6-9-19-15)11-17-8-4-5-14(12-17)18-2/h6,9,14,16H,3-5,7-8,10-12H2,1-2H3. The maximum Gasteiger partial charge on any atom is 0.122 e. The molecule has 0 saturated carbocycles. The number of ether oxygens (including phenoxy) is 1. The van der Waals surface area contributed by atoms with Crippen molar-refractivity contribution < 1.29 is 9.15 Å². The fourth-order valence-corrected chi connectivity index (χ4v) is 2.63. The predicted octanol–water partition coefficient (Wildman–Crippen LogP) is 2.39. The van der Waals surface area contributed by atoms with Gasteiger partial charge in [0.2, 0.25) is 0 Å². The molecule has 19 heavy (non-hydrogen) atoms. The van der Waals surface area contributed by atoms with E-state index in [1.54, 1.807) is 6.26 Å². The van der Waals surface area contributed by atoms with Gasteiger partial charge in [-0.25, -0.2) is 0 Å². The molecule has 0 radical (unpaired) electrons. The summed E-state index contributed by atoms with van der Waals surface area (Å²) in [6, 6.07) is 2.10. The molecule has 2 heterocycles. The Hall–Kier alpha value is -0.840. The Morgan fingerprint density at radius 2 is 2.42 bits per heavy atom. The number of nitrogens with zero attached hydrogens (tertiary/aromatic N) is 1. The van der Waals surface area contributed by atoms with Crippen molar-refractivity contribution in [2.75, 3.05) is 26.7 Å². The van der Waals surface area contributed by atoms with E-state index in [4.69, 9.17) is 9.15 Å². The molecule has 4 heteroatoms. The van der Waals surface area contributed by atoms with E-state index in [1.165, 1.54) is 18.4 Å². The summed E-state index contributed by atoms with van der Waals surface area (Å²) in [5, 5.41) is 3.40. The fraction of sp³-hybridized carbons (Fsp3) is 0.733. The van der Waals surface area contributed by atoms with Gasteiger partial charge in [0.1, 0.15) is 5.76 Å². The maximum absolute atomic E-state index is 5.59. The minimum absolute atomic E-state index is 0.391. The van der Waals surface area contributed by atoms with Crippen molar-refractivity contribution >= 4 is 0 Å². The van der Waals surface area contributed by atoms with Gasteiger partial charge in [0.25, 0.3) is 0 Å². The van der Waals surface area contributed by atoms with E-state index in [9.17, 15) is 0 Å². The van der Waals surface area contributed by atoms with Crippen molar-refractivity contribution in [1.29, 1.82) is 0 Å². The zero-order valence-electron chi connectivity index (χ0n) is 12.2. The number of hydrogen-bond acceptors (Lipinski definition) is 4. The highest BCUT2D eigenvalue weighted by molar-refractivity contribution is 5.17. The summed E-state index contributed by atoms with van der Waals surface area (Å²) in [6.07, 6.45) is 5.75. The van der Waals surface area contributed by atoms with E-state index in [-0.39, 0.29) is 0 Å². The summed E-state index contributed by atoms with van der Waals surface area (Å²) >= 11 is 0. The monoisotopic (exact) mass is 266 g/mol. The number of likely N-dealkylation sites (tertiary alicyclic amines) is 1. The first kappa shape index (κ1) is 14.6. The topological polar surface area (TPSA) is 37.6 Å². The molecule has 1 N–H and O–H groups in total. The third-order valence-corrected chi connectivity index (χ3v) is 3.74. The van der Waals surface area contributed by atoms with Crippen molar-refractivity contribution in [3.63, 3.8) is 0 Å². The van der Waals surface area contributed by atoms with Gasteiger partial charge in [-0.3, -0.25) is 4.90 Å². The van der Waals surface area contributed by atoms with Gasteiger partial charge in [-0.05, 0) is 38.4 Å². The van der Waals surface area contributed by atoms with Gasteiger partial charge >= 0.3 is 0 Å². The Bertz CT molecular complexity index is 365. The lowest BCUT2D eigenvalue weighted by Crippen LogP contribution is -2.38. The van der Waals surface area contributed by atoms with Crippen LogP contribution in [0.4, 0.5) is 0 Å². The van der Waals surface area contributed by atoms with Crippen LogP contribution in [0.5, 0.6) is 0 Å². The largest absolute Gasteiger partial charge is 0.468 e. The van der Waals surface area contributed by atoms with Gasteiger partial charge in [-0.2, -0.15) is 0 Å². The summed E-state index contributed by atoms with van der Waals surface area (Å²) in [5.74, 6) is 1.08. The zero-order chi connectivity index (χ0) is 13.5. The van der Waals surface area contributed by atoms with Gasteiger partial charge in [0.15, 0.2) is 0 Å². The molecule has 2 rings (SSSR count). The average molecular weight is 266 g/mol. The van der Waals surface area contributed by atoms with E-state index in [0.717, 1.165) is 44.9 Å². The first-order valence-corrected chi connectivity index (χ1v) is 7.34. The van der Waals surface area contributed by atoms with Crippen LogP contribution in [0.3, 0.4) is 0 Å². The highest BCUT2D eigenvalue weighted by Gasteiger charge is 2.20. The number of piperidine rings is 1. The molecule has 0 aliphatic carbocycles. The zero-order valence-corrected chi connectivity index (χ0v) is 12.2. The molecule has 1 aliphatic rings. The molecule has 1 aromatic heterocycles. The molecule has 0 spiro atoms. The Morgan fingerprint density at radius 3 is 3.21 bits per heavy atom. The van der Waals surface area contributed by atoms with Crippen LogP contribution in [-0.4, -0.2) is 37.7 Å². The molecule has 1 fully saturated rings. The molecule has 4 nitrogen and oxygen atoms in total. The fourth-order valence-electron chi connectivity index (χ4n) is 2.63. The number of hydrogen-bond donors (Lipinski definition) is 1. The van der Waals surface area contributed by atoms with Crippen LogP contribution >= 0.6 is 0 Å². The van der Waals surface area contributed by atoms with Crippen molar-refractivity contribution in [1.82, 2.24) is 10.2 Å². The second kappa shape index (κ2) is 7.68. The maximum atomic E-state index is 5.59. The van der Waals surface area contributed by atoms with Gasteiger partial charge < -0.3 is 14.5 Å². The normalized spacial score (nSPS) is 20.8. The molecular formula is C15H26N2O2. The van der Waals surface area contributed by atoms with Crippen LogP contribution in [0.25, 0.3) is 0 Å². The van der Waals surface area contributed by atoms with E-state index in [2.05, 4.69) is 23.2 Å². The second-order valence-electron chi connectivity index (χ2n) is 5.28. The highest BCUT2D eigenvalue weighted by atomic mass is 16.5. The van der Waals surface area contributed by atoms with E-state index in [1.807, 2.05) is 7.11 Å². The van der Waals surface area contributed by atoms with Crippen LogP contribution in [0, 0.1) is 0 Å². The summed E-state index contributed by atoms with van der Waals surface area (Å²) in [4.78, 5) is 2.46. The SMILES string of the molecule is CCCNCc1occc1CN1CCCC(OC)C1. The summed E-state index contributed by atoms with van der Waals surface area (Å²) < 4.78 is 11.1. The van der Waals surface area contributed by atoms with Crippen LogP contribution in [0.15, 0.2) is 16.7 Å². The molecular weight excluding hydrogens is 240 g/mol. The van der Waals surface area contributed by atoms with Gasteiger partial charge in [-0.1, -0.05) is 6.92 Å². The van der Waals surface area contributed by atoms with Crippen LogP contribution in [-0.2, 0) is 17.8 Å². The molecule has 0 amide bonds. The second-order valence-corrected chi connectivity index (χ2v) is 5.28. The van der Waals surface area contributed by atoms with Crippen molar-refractivity contribution in [2.24, 2.45) is 0 Å². The molecule has 0 aromatic carbocycles. The minimum atomic E-state index is 0.391. The molecule has 1 unspecified atom stereocenters. The van der Waals surface area contributed by atoms with Gasteiger partial charge in [-0.15, -0.1) is 0 Å². The molecule has 108 valence electrons. The van der Waals surface area contributed by atoms with Crippen molar-refractivity contribution in [3.05, 3.63) is 23.7 Å². The van der Waals surface area contributed by atoms with Crippen LogP contribution in [0.2, 0.25) is 0 Å². The molecule has 1 atom stereocenters. The number of rotatable bonds is 7. The summed E-state index contributed by atoms with van der Waals surface area (Å²) in [6.45, 7) is 7.21. The van der Waals surface area contributed by atoms with E-state index < -0.39 is 0 Å². The lowest BCUT2D eigenvalue weighted by Gasteiger charge is -2.31. The minimum Gasteiger partial charge on any atom is -0.468 e. The molecule has 1 saturated heterocycles. The summed E-state index contributed by atoms with van der Waals surface area (Å²) in [5.41, 5.74) is 1.31. The number of methoxy groups -OCH3 is 1. The smallest absolute Gasteiger partial charge is 0.122 e. The number of nitrogens with one attached hydrogen (secondary N) is 1. The Balaban J connectivity index is 1.86. The van der Waals surface area contributed by atoms with Crippen molar-refractivity contribution in [2.45, 2.75) is 45.4 Å². The van der Waals surface area contributed by atoms with Crippen molar-refractivity contribution in [3.8, 4) is 0 Å². The molecule has 1 aliphatic heterocycles. The average Bonchev–Trinajstić information content (AvgIpc) is 2.87. The van der Waals surface area contributed by atoms with Crippen LogP contribution in [0.1, 0.15) is 37.5 Å². The summed E-state index contributed by atoms with van der Waals surface area (Å²) in [7, 11) is 1.81. The Kier molecular flexibility index (Phi) is 5.89. The number of furan rings is 1. The molecule has 0 bridgehead atoms.